The molecule has 2 aromatic carbocycles. The van der Waals surface area contributed by atoms with Gasteiger partial charge in [0.05, 0.1) is 9.79 Å². The second kappa shape index (κ2) is 9.49. The number of amides is 1. The van der Waals surface area contributed by atoms with Gasteiger partial charge in [-0.1, -0.05) is 24.3 Å². The van der Waals surface area contributed by atoms with Crippen LogP contribution in [-0.4, -0.2) is 28.8 Å². The minimum absolute atomic E-state index is 0.0154. The van der Waals surface area contributed by atoms with Gasteiger partial charge in [0, 0.05) is 19.0 Å². The standard InChI is InChI=1S/C19H25N3O5S2/c1-14(2)22-29(26,27)18-10-3-15(4-11-18)7-12-19(23)21-13-16-5-8-17(9-6-16)28(20,24)25/h3-6,8-11,14,22H,7,12-13H2,1-2H3,(H,21,23)(H2,20,24,25). The Kier molecular flexibility index (Phi) is 7.53. The summed E-state index contributed by atoms with van der Waals surface area (Å²) in [5, 5.41) is 7.80. The fraction of sp³-hybridized carbons (Fsp3) is 0.316. The van der Waals surface area contributed by atoms with Crippen LogP contribution in [0, 0.1) is 0 Å². The molecule has 0 bridgehead atoms. The van der Waals surface area contributed by atoms with Crippen LogP contribution in [0.2, 0.25) is 0 Å². The number of benzene rings is 2. The van der Waals surface area contributed by atoms with Gasteiger partial charge in [-0.2, -0.15) is 0 Å². The predicted octanol–water partition coefficient (Wildman–Crippen LogP) is 1.27. The average Bonchev–Trinajstić information content (AvgIpc) is 2.63. The molecule has 0 fully saturated rings. The summed E-state index contributed by atoms with van der Waals surface area (Å²) in [4.78, 5) is 12.2. The number of rotatable bonds is 9. The summed E-state index contributed by atoms with van der Waals surface area (Å²) in [5.74, 6) is -0.168. The maximum atomic E-state index is 12.1. The van der Waals surface area contributed by atoms with E-state index in [1.165, 1.54) is 24.3 Å². The number of primary sulfonamides is 1. The van der Waals surface area contributed by atoms with Crippen LogP contribution in [0.15, 0.2) is 58.3 Å². The zero-order valence-electron chi connectivity index (χ0n) is 16.3. The third kappa shape index (κ3) is 7.24. The molecule has 1 amide bonds. The van der Waals surface area contributed by atoms with Crippen LogP contribution in [0.1, 0.15) is 31.4 Å². The molecule has 8 nitrogen and oxygen atoms in total. The SMILES string of the molecule is CC(C)NS(=O)(=O)c1ccc(CCC(=O)NCc2ccc(S(N)(=O)=O)cc2)cc1. The molecular formula is C19H25N3O5S2. The quantitative estimate of drug-likeness (QED) is 0.541. The summed E-state index contributed by atoms with van der Waals surface area (Å²) in [6.07, 6.45) is 0.708. The number of hydrogen-bond acceptors (Lipinski definition) is 5. The van der Waals surface area contributed by atoms with Gasteiger partial charge in [-0.05, 0) is 55.7 Å². The van der Waals surface area contributed by atoms with Crippen molar-refractivity contribution in [1.29, 1.82) is 0 Å². The summed E-state index contributed by atoms with van der Waals surface area (Å²) < 4.78 is 49.2. The topological polar surface area (TPSA) is 135 Å². The highest BCUT2D eigenvalue weighted by Crippen LogP contribution is 2.13. The van der Waals surface area contributed by atoms with Gasteiger partial charge in [-0.25, -0.2) is 26.7 Å². The number of sulfonamides is 2. The van der Waals surface area contributed by atoms with Crippen molar-refractivity contribution in [3.05, 3.63) is 59.7 Å². The molecule has 0 aromatic heterocycles. The molecule has 0 aliphatic carbocycles. The molecule has 4 N–H and O–H groups in total. The van der Waals surface area contributed by atoms with Gasteiger partial charge in [0.2, 0.25) is 26.0 Å². The second-order valence-electron chi connectivity index (χ2n) is 6.89. The highest BCUT2D eigenvalue weighted by Gasteiger charge is 2.15. The normalized spacial score (nSPS) is 12.1. The lowest BCUT2D eigenvalue weighted by Gasteiger charge is -2.10. The van der Waals surface area contributed by atoms with Crippen molar-refractivity contribution in [2.45, 2.75) is 49.1 Å². The highest BCUT2D eigenvalue weighted by molar-refractivity contribution is 7.89. The summed E-state index contributed by atoms with van der Waals surface area (Å²) in [6, 6.07) is 12.2. The lowest BCUT2D eigenvalue weighted by molar-refractivity contribution is -0.121. The third-order valence-corrected chi connectivity index (χ3v) is 6.61. The van der Waals surface area contributed by atoms with E-state index < -0.39 is 20.0 Å². The van der Waals surface area contributed by atoms with Crippen molar-refractivity contribution in [1.82, 2.24) is 10.0 Å². The van der Waals surface area contributed by atoms with E-state index in [0.717, 1.165) is 11.1 Å². The van der Waals surface area contributed by atoms with E-state index in [2.05, 4.69) is 10.0 Å². The monoisotopic (exact) mass is 439 g/mol. The Morgan fingerprint density at radius 1 is 0.897 bits per heavy atom. The summed E-state index contributed by atoms with van der Waals surface area (Å²) in [5.41, 5.74) is 1.60. The number of carbonyl (C=O) groups is 1. The Morgan fingerprint density at radius 2 is 1.41 bits per heavy atom. The maximum Gasteiger partial charge on any atom is 0.240 e. The lowest BCUT2D eigenvalue weighted by Crippen LogP contribution is -2.30. The largest absolute Gasteiger partial charge is 0.352 e. The molecule has 29 heavy (non-hydrogen) atoms. The zero-order chi connectivity index (χ0) is 21.7. The van der Waals surface area contributed by atoms with Crippen molar-refractivity contribution >= 4 is 26.0 Å². The van der Waals surface area contributed by atoms with Crippen molar-refractivity contribution < 1.29 is 21.6 Å². The lowest BCUT2D eigenvalue weighted by atomic mass is 10.1. The van der Waals surface area contributed by atoms with Gasteiger partial charge < -0.3 is 5.32 Å². The van der Waals surface area contributed by atoms with Crippen LogP contribution in [0.25, 0.3) is 0 Å². The predicted molar refractivity (Wildman–Crippen MR) is 110 cm³/mol. The second-order valence-corrected chi connectivity index (χ2v) is 10.2. The smallest absolute Gasteiger partial charge is 0.240 e. The van der Waals surface area contributed by atoms with Gasteiger partial charge in [0.15, 0.2) is 0 Å². The molecule has 0 unspecified atom stereocenters. The number of nitrogens with one attached hydrogen (secondary N) is 2. The molecule has 2 rings (SSSR count). The number of aryl methyl sites for hydroxylation is 1. The Morgan fingerprint density at radius 3 is 1.93 bits per heavy atom. The molecule has 0 atom stereocenters. The van der Waals surface area contributed by atoms with E-state index in [1.807, 2.05) is 0 Å². The van der Waals surface area contributed by atoms with Gasteiger partial charge >= 0.3 is 0 Å². The Hall–Kier alpha value is -2.27. The summed E-state index contributed by atoms with van der Waals surface area (Å²) in [6.45, 7) is 3.76. The Balaban J connectivity index is 1.85. The number of hydrogen-bond donors (Lipinski definition) is 3. The molecule has 0 spiro atoms. The van der Waals surface area contributed by atoms with Crippen molar-refractivity contribution in [2.24, 2.45) is 5.14 Å². The van der Waals surface area contributed by atoms with E-state index in [0.29, 0.717) is 6.42 Å². The maximum absolute atomic E-state index is 12.1. The van der Waals surface area contributed by atoms with Crippen LogP contribution in [0.4, 0.5) is 0 Å². The van der Waals surface area contributed by atoms with Gasteiger partial charge in [-0.3, -0.25) is 4.79 Å². The van der Waals surface area contributed by atoms with Crippen LogP contribution < -0.4 is 15.2 Å². The number of nitrogens with two attached hydrogens (primary N) is 1. The molecule has 0 radical (unpaired) electrons. The van der Waals surface area contributed by atoms with Crippen molar-refractivity contribution in [3.8, 4) is 0 Å². The third-order valence-electron chi connectivity index (χ3n) is 4.01. The molecule has 0 saturated heterocycles. The highest BCUT2D eigenvalue weighted by atomic mass is 32.2. The van der Waals surface area contributed by atoms with Crippen LogP contribution >= 0.6 is 0 Å². The first-order valence-electron chi connectivity index (χ1n) is 8.97. The summed E-state index contributed by atoms with van der Waals surface area (Å²) in [7, 11) is -7.27. The Labute approximate surface area is 171 Å². The molecule has 0 aliphatic heterocycles. The van der Waals surface area contributed by atoms with E-state index in [1.54, 1.807) is 38.1 Å². The van der Waals surface area contributed by atoms with E-state index in [9.17, 15) is 21.6 Å². The molecule has 158 valence electrons. The zero-order valence-corrected chi connectivity index (χ0v) is 17.9. The van der Waals surface area contributed by atoms with Crippen LogP contribution in [0.3, 0.4) is 0 Å². The fourth-order valence-electron chi connectivity index (χ4n) is 2.56. The van der Waals surface area contributed by atoms with Crippen molar-refractivity contribution in [3.63, 3.8) is 0 Å². The van der Waals surface area contributed by atoms with Gasteiger partial charge in [-0.15, -0.1) is 0 Å². The molecule has 2 aromatic rings. The van der Waals surface area contributed by atoms with Crippen LogP contribution in [-0.2, 0) is 37.8 Å². The van der Waals surface area contributed by atoms with E-state index in [4.69, 9.17) is 5.14 Å². The average molecular weight is 440 g/mol. The van der Waals surface area contributed by atoms with E-state index >= 15 is 0 Å². The molecule has 0 saturated carbocycles. The van der Waals surface area contributed by atoms with Crippen LogP contribution in [0.5, 0.6) is 0 Å². The van der Waals surface area contributed by atoms with E-state index in [-0.39, 0.29) is 34.7 Å². The first kappa shape index (κ1) is 23.0. The summed E-state index contributed by atoms with van der Waals surface area (Å²) >= 11 is 0. The first-order valence-corrected chi connectivity index (χ1v) is 12.0. The minimum Gasteiger partial charge on any atom is -0.352 e. The molecule has 0 aliphatic rings. The first-order chi connectivity index (χ1) is 13.5. The minimum atomic E-state index is -3.74. The molecule has 0 heterocycles. The molecular weight excluding hydrogens is 414 g/mol. The van der Waals surface area contributed by atoms with Gasteiger partial charge in [0.1, 0.15) is 0 Å². The molecule has 10 heteroatoms. The number of carbonyl (C=O) groups excluding carboxylic acids is 1. The van der Waals surface area contributed by atoms with Crippen molar-refractivity contribution in [2.75, 3.05) is 0 Å². The Bertz CT molecular complexity index is 1050. The van der Waals surface area contributed by atoms with Gasteiger partial charge in [0.25, 0.3) is 0 Å². The fourth-order valence-corrected chi connectivity index (χ4v) is 4.32.